The second-order valence-electron chi connectivity index (χ2n) is 7.77. The second kappa shape index (κ2) is 7.87. The fourth-order valence-electron chi connectivity index (χ4n) is 3.68. The van der Waals surface area contributed by atoms with Gasteiger partial charge < -0.3 is 4.18 Å². The number of aromatic nitrogens is 3. The summed E-state index contributed by atoms with van der Waals surface area (Å²) in [6, 6.07) is 11.4. The van der Waals surface area contributed by atoms with Crippen LogP contribution in [0.15, 0.2) is 53.6 Å². The van der Waals surface area contributed by atoms with E-state index in [0.717, 1.165) is 33.3 Å². The van der Waals surface area contributed by atoms with Gasteiger partial charge in [0.05, 0.1) is 11.7 Å². The lowest BCUT2D eigenvalue weighted by atomic mass is 9.93. The molecule has 2 aromatic carbocycles. The van der Waals surface area contributed by atoms with Crippen molar-refractivity contribution in [2.75, 3.05) is 0 Å². The van der Waals surface area contributed by atoms with Crippen LogP contribution in [0.3, 0.4) is 0 Å². The highest BCUT2D eigenvalue weighted by Gasteiger charge is 2.27. The molecule has 4 aromatic rings. The van der Waals surface area contributed by atoms with Gasteiger partial charge in [-0.05, 0) is 62.6 Å². The third kappa shape index (κ3) is 3.56. The van der Waals surface area contributed by atoms with Gasteiger partial charge >= 0.3 is 10.1 Å². The van der Waals surface area contributed by atoms with Crippen LogP contribution in [-0.2, 0) is 17.2 Å². The molecule has 0 saturated heterocycles. The number of carbonyl (C=O) groups is 1. The fraction of sp³-hybridized carbons (Fsp3) is 0.208. The summed E-state index contributed by atoms with van der Waals surface area (Å²) in [7, 11) is -2.61. The number of rotatable bonds is 5. The molecule has 2 aromatic heterocycles. The summed E-state index contributed by atoms with van der Waals surface area (Å²) in [4.78, 5) is 18.3. The first-order chi connectivity index (χ1) is 15.1. The van der Waals surface area contributed by atoms with Gasteiger partial charge in [0.2, 0.25) is 11.7 Å². The lowest BCUT2D eigenvalue weighted by Crippen LogP contribution is -2.15. The van der Waals surface area contributed by atoms with Crippen LogP contribution < -0.4 is 4.18 Å². The van der Waals surface area contributed by atoms with Crippen molar-refractivity contribution in [3.63, 3.8) is 0 Å². The van der Waals surface area contributed by atoms with Gasteiger partial charge in [0.1, 0.15) is 10.5 Å². The lowest BCUT2D eigenvalue weighted by molar-refractivity contribution is 0.103. The molecule has 32 heavy (non-hydrogen) atoms. The van der Waals surface area contributed by atoms with Crippen LogP contribution in [0, 0.1) is 27.7 Å². The molecule has 0 unspecified atom stereocenters. The van der Waals surface area contributed by atoms with Crippen molar-refractivity contribution < 1.29 is 17.4 Å². The Hall–Kier alpha value is -3.52. The smallest absolute Gasteiger partial charge is 0.340 e. The van der Waals surface area contributed by atoms with E-state index in [1.165, 1.54) is 30.1 Å². The minimum absolute atomic E-state index is 0.00784. The zero-order chi connectivity index (χ0) is 23.2. The van der Waals surface area contributed by atoms with Crippen LogP contribution in [0.5, 0.6) is 5.88 Å². The minimum atomic E-state index is -4.14. The summed E-state index contributed by atoms with van der Waals surface area (Å²) >= 11 is 0. The average molecular weight is 450 g/mol. The van der Waals surface area contributed by atoms with Crippen molar-refractivity contribution in [2.24, 2.45) is 7.05 Å². The van der Waals surface area contributed by atoms with Crippen molar-refractivity contribution in [3.8, 4) is 5.88 Å². The van der Waals surface area contributed by atoms with Crippen LogP contribution in [-0.4, -0.2) is 29.0 Å². The molecule has 0 aliphatic heterocycles. The standard InChI is InChI=1S/C24H23N3O4S/c1-14-11-12-19(21-16(3)15(2)17(4)26-22(14)21)23(28)20-13-25-27(5)24(20)31-32(29,30)18-9-7-6-8-10-18/h6-13H,1-5H3. The second-order valence-corrected chi connectivity index (χ2v) is 9.31. The van der Waals surface area contributed by atoms with Crippen LogP contribution >= 0.6 is 0 Å². The van der Waals surface area contributed by atoms with Gasteiger partial charge in [0.15, 0.2) is 0 Å². The van der Waals surface area contributed by atoms with E-state index in [1.54, 1.807) is 24.3 Å². The van der Waals surface area contributed by atoms with E-state index in [9.17, 15) is 13.2 Å². The monoisotopic (exact) mass is 449 g/mol. The van der Waals surface area contributed by atoms with Gasteiger partial charge in [-0.15, -0.1) is 0 Å². The highest BCUT2D eigenvalue weighted by atomic mass is 32.2. The van der Waals surface area contributed by atoms with Gasteiger partial charge in [-0.3, -0.25) is 9.78 Å². The Balaban J connectivity index is 1.86. The largest absolute Gasteiger partial charge is 0.358 e. The predicted molar refractivity (Wildman–Crippen MR) is 122 cm³/mol. The molecular formula is C24H23N3O4S. The summed E-state index contributed by atoms with van der Waals surface area (Å²) in [6.07, 6.45) is 1.33. The van der Waals surface area contributed by atoms with Crippen LogP contribution in [0.2, 0.25) is 0 Å². The lowest BCUT2D eigenvalue weighted by Gasteiger charge is -2.14. The minimum Gasteiger partial charge on any atom is -0.358 e. The number of ketones is 1. The fourth-order valence-corrected chi connectivity index (χ4v) is 4.68. The van der Waals surface area contributed by atoms with E-state index < -0.39 is 10.1 Å². The molecule has 0 aliphatic rings. The number of carbonyl (C=O) groups excluding carboxylic acids is 1. The van der Waals surface area contributed by atoms with Crippen LogP contribution in [0.25, 0.3) is 10.9 Å². The van der Waals surface area contributed by atoms with Crippen LogP contribution in [0.4, 0.5) is 0 Å². The summed E-state index contributed by atoms with van der Waals surface area (Å²) in [5.74, 6) is -0.517. The quantitative estimate of drug-likeness (QED) is 0.335. The number of benzene rings is 2. The van der Waals surface area contributed by atoms with Gasteiger partial charge in [-0.25, -0.2) is 4.68 Å². The Bertz CT molecular complexity index is 1470. The van der Waals surface area contributed by atoms with Crippen molar-refractivity contribution in [1.29, 1.82) is 0 Å². The first-order valence-electron chi connectivity index (χ1n) is 10.0. The predicted octanol–water partition coefficient (Wildman–Crippen LogP) is 4.20. The molecular weight excluding hydrogens is 426 g/mol. The Morgan fingerprint density at radius 2 is 1.62 bits per heavy atom. The first kappa shape index (κ1) is 21.7. The highest BCUT2D eigenvalue weighted by molar-refractivity contribution is 7.87. The van der Waals surface area contributed by atoms with E-state index in [0.29, 0.717) is 5.56 Å². The van der Waals surface area contributed by atoms with Gasteiger partial charge in [0.25, 0.3) is 0 Å². The van der Waals surface area contributed by atoms with Gasteiger partial charge in [-0.1, -0.05) is 24.3 Å². The summed E-state index contributed by atoms with van der Waals surface area (Å²) in [6.45, 7) is 7.82. The average Bonchev–Trinajstić information content (AvgIpc) is 3.12. The molecule has 0 radical (unpaired) electrons. The summed E-state index contributed by atoms with van der Waals surface area (Å²) in [5, 5.41) is 4.83. The molecule has 0 spiro atoms. The van der Waals surface area contributed by atoms with Crippen molar-refractivity contribution >= 4 is 26.8 Å². The zero-order valence-corrected chi connectivity index (χ0v) is 19.3. The maximum absolute atomic E-state index is 13.6. The number of aryl methyl sites for hydroxylation is 4. The zero-order valence-electron chi connectivity index (χ0n) is 18.5. The highest BCUT2D eigenvalue weighted by Crippen LogP contribution is 2.32. The van der Waals surface area contributed by atoms with E-state index in [-0.39, 0.29) is 22.1 Å². The Morgan fingerprint density at radius 1 is 0.938 bits per heavy atom. The number of nitrogens with zero attached hydrogens (tertiary/aromatic N) is 3. The van der Waals surface area contributed by atoms with E-state index >= 15 is 0 Å². The molecule has 8 heteroatoms. The molecule has 0 atom stereocenters. The molecule has 0 N–H and O–H groups in total. The molecule has 0 aliphatic carbocycles. The van der Waals surface area contributed by atoms with Gasteiger partial charge in [0, 0.05) is 23.7 Å². The molecule has 2 heterocycles. The van der Waals surface area contributed by atoms with E-state index in [1.807, 2.05) is 33.8 Å². The van der Waals surface area contributed by atoms with E-state index in [4.69, 9.17) is 9.17 Å². The maximum Gasteiger partial charge on any atom is 0.340 e. The molecule has 0 amide bonds. The maximum atomic E-state index is 13.6. The van der Waals surface area contributed by atoms with E-state index in [2.05, 4.69) is 5.10 Å². The number of hydrogen-bond donors (Lipinski definition) is 0. The Morgan fingerprint density at radius 3 is 2.31 bits per heavy atom. The molecule has 0 fully saturated rings. The van der Waals surface area contributed by atoms with Crippen molar-refractivity contribution in [3.05, 3.63) is 82.2 Å². The third-order valence-corrected chi connectivity index (χ3v) is 6.96. The topological polar surface area (TPSA) is 91.2 Å². The Labute approximate surface area is 186 Å². The van der Waals surface area contributed by atoms with Crippen molar-refractivity contribution in [2.45, 2.75) is 32.6 Å². The van der Waals surface area contributed by atoms with Crippen LogP contribution in [0.1, 0.15) is 38.3 Å². The third-order valence-electron chi connectivity index (χ3n) is 5.73. The van der Waals surface area contributed by atoms with Gasteiger partial charge in [-0.2, -0.15) is 13.5 Å². The number of pyridine rings is 1. The molecule has 0 saturated carbocycles. The number of fused-ring (bicyclic) bond motifs is 1. The molecule has 4 rings (SSSR count). The molecule has 7 nitrogen and oxygen atoms in total. The Kier molecular flexibility index (Phi) is 5.34. The molecule has 0 bridgehead atoms. The first-order valence-corrected chi connectivity index (χ1v) is 11.5. The molecule has 164 valence electrons. The normalized spacial score (nSPS) is 11.7. The van der Waals surface area contributed by atoms with Crippen molar-refractivity contribution in [1.82, 2.24) is 14.8 Å². The summed E-state index contributed by atoms with van der Waals surface area (Å²) < 4.78 is 32.2. The SMILES string of the molecule is Cc1nc2c(C)ccc(C(=O)c3cnn(C)c3OS(=O)(=O)c3ccccc3)c2c(C)c1C. The summed E-state index contributed by atoms with van der Waals surface area (Å²) in [5.41, 5.74) is 5.07. The number of hydrogen-bond acceptors (Lipinski definition) is 6.